The Morgan fingerprint density at radius 1 is 1.69 bits per heavy atom. The normalized spacial score (nSPS) is 13.2. The standard InChI is InChI=1S/C7H11NO4S/c1-3-5-6(7(9)10)8-13(11,12)4-2/h1,6,8H,4-5H2,2H3,(H,9,10). The Hall–Kier alpha value is -1.06. The van der Waals surface area contributed by atoms with Gasteiger partial charge >= 0.3 is 5.97 Å². The van der Waals surface area contributed by atoms with Crippen molar-refractivity contribution < 1.29 is 18.3 Å². The molecule has 13 heavy (non-hydrogen) atoms. The van der Waals surface area contributed by atoms with Gasteiger partial charge < -0.3 is 5.11 Å². The molecule has 0 bridgehead atoms. The second-order valence-electron chi connectivity index (χ2n) is 2.32. The first-order valence-corrected chi connectivity index (χ1v) is 5.24. The van der Waals surface area contributed by atoms with Crippen LogP contribution in [0.1, 0.15) is 13.3 Å². The number of rotatable bonds is 5. The van der Waals surface area contributed by atoms with E-state index in [1.54, 1.807) is 0 Å². The van der Waals surface area contributed by atoms with Gasteiger partial charge in [0.1, 0.15) is 6.04 Å². The van der Waals surface area contributed by atoms with Crippen molar-refractivity contribution in [3.05, 3.63) is 0 Å². The van der Waals surface area contributed by atoms with Gasteiger partial charge in [-0.25, -0.2) is 8.42 Å². The molecule has 0 heterocycles. The molecule has 0 aromatic heterocycles. The van der Waals surface area contributed by atoms with Crippen molar-refractivity contribution in [2.45, 2.75) is 19.4 Å². The van der Waals surface area contributed by atoms with Crippen LogP contribution in [-0.4, -0.2) is 31.3 Å². The molecule has 5 nitrogen and oxygen atoms in total. The predicted octanol–water partition coefficient (Wildman–Crippen LogP) is -0.598. The van der Waals surface area contributed by atoms with Crippen LogP contribution in [0.2, 0.25) is 0 Å². The number of sulfonamides is 1. The van der Waals surface area contributed by atoms with E-state index in [1.165, 1.54) is 6.92 Å². The molecular formula is C7H11NO4S. The summed E-state index contributed by atoms with van der Waals surface area (Å²) >= 11 is 0. The van der Waals surface area contributed by atoms with Crippen molar-refractivity contribution in [2.75, 3.05) is 5.75 Å². The van der Waals surface area contributed by atoms with Crippen LogP contribution in [0.5, 0.6) is 0 Å². The second kappa shape index (κ2) is 4.84. The van der Waals surface area contributed by atoms with Crippen molar-refractivity contribution >= 4 is 16.0 Å². The van der Waals surface area contributed by atoms with Gasteiger partial charge in [-0.05, 0) is 6.92 Å². The quantitative estimate of drug-likeness (QED) is 0.587. The zero-order valence-corrected chi connectivity index (χ0v) is 7.97. The molecule has 0 spiro atoms. The predicted molar refractivity (Wildman–Crippen MR) is 47.5 cm³/mol. The molecule has 74 valence electrons. The van der Waals surface area contributed by atoms with E-state index < -0.39 is 22.0 Å². The van der Waals surface area contributed by atoms with Crippen molar-refractivity contribution in [2.24, 2.45) is 0 Å². The van der Waals surface area contributed by atoms with Gasteiger partial charge in [0.25, 0.3) is 0 Å². The third-order valence-electron chi connectivity index (χ3n) is 1.32. The molecule has 0 aliphatic rings. The van der Waals surface area contributed by atoms with Gasteiger partial charge in [0.15, 0.2) is 0 Å². The molecule has 0 rings (SSSR count). The number of hydrogen-bond acceptors (Lipinski definition) is 3. The van der Waals surface area contributed by atoms with Crippen LogP contribution >= 0.6 is 0 Å². The Morgan fingerprint density at radius 3 is 2.54 bits per heavy atom. The summed E-state index contributed by atoms with van der Waals surface area (Å²) < 4.78 is 23.9. The molecule has 0 saturated heterocycles. The second-order valence-corrected chi connectivity index (χ2v) is 4.36. The molecule has 1 atom stereocenters. The summed E-state index contributed by atoms with van der Waals surface area (Å²) in [7, 11) is -3.51. The van der Waals surface area contributed by atoms with Gasteiger partial charge in [-0.3, -0.25) is 4.79 Å². The van der Waals surface area contributed by atoms with Crippen LogP contribution in [0, 0.1) is 12.3 Å². The van der Waals surface area contributed by atoms with Gasteiger partial charge in [0, 0.05) is 6.42 Å². The molecule has 1 unspecified atom stereocenters. The summed E-state index contributed by atoms with van der Waals surface area (Å²) in [4.78, 5) is 10.5. The van der Waals surface area contributed by atoms with E-state index in [0.29, 0.717) is 0 Å². The zero-order chi connectivity index (χ0) is 10.5. The summed E-state index contributed by atoms with van der Waals surface area (Å²) in [6, 6.07) is -1.23. The minimum atomic E-state index is -3.51. The smallest absolute Gasteiger partial charge is 0.322 e. The average Bonchev–Trinajstić information content (AvgIpc) is 2.03. The summed E-state index contributed by atoms with van der Waals surface area (Å²) in [5, 5.41) is 8.54. The first-order chi connectivity index (χ1) is 5.93. The topological polar surface area (TPSA) is 83.5 Å². The molecule has 6 heteroatoms. The Labute approximate surface area is 77.2 Å². The summed E-state index contributed by atoms with van der Waals surface area (Å²) in [5.41, 5.74) is 0. The molecular weight excluding hydrogens is 194 g/mol. The van der Waals surface area contributed by atoms with E-state index in [0.717, 1.165) is 0 Å². The highest BCUT2D eigenvalue weighted by Gasteiger charge is 2.21. The van der Waals surface area contributed by atoms with Crippen LogP contribution in [-0.2, 0) is 14.8 Å². The first kappa shape index (κ1) is 11.9. The van der Waals surface area contributed by atoms with Crippen molar-refractivity contribution in [1.82, 2.24) is 4.72 Å². The largest absolute Gasteiger partial charge is 0.480 e. The molecule has 0 amide bonds. The van der Waals surface area contributed by atoms with Crippen molar-refractivity contribution in [1.29, 1.82) is 0 Å². The lowest BCUT2D eigenvalue weighted by Gasteiger charge is -2.10. The molecule has 0 aromatic carbocycles. The molecule has 0 fully saturated rings. The third kappa shape index (κ3) is 4.50. The summed E-state index contributed by atoms with van der Waals surface area (Å²) in [6.45, 7) is 1.41. The fourth-order valence-electron chi connectivity index (χ4n) is 0.597. The van der Waals surface area contributed by atoms with Gasteiger partial charge in [-0.15, -0.1) is 12.3 Å². The highest BCUT2D eigenvalue weighted by atomic mass is 32.2. The van der Waals surface area contributed by atoms with E-state index in [1.807, 2.05) is 4.72 Å². The fourth-order valence-corrected chi connectivity index (χ4v) is 1.38. The van der Waals surface area contributed by atoms with Gasteiger partial charge in [-0.1, -0.05) is 0 Å². The maximum Gasteiger partial charge on any atom is 0.322 e. The van der Waals surface area contributed by atoms with Crippen LogP contribution < -0.4 is 4.72 Å². The summed E-state index contributed by atoms with van der Waals surface area (Å²) in [5.74, 6) is 0.654. The molecule has 0 saturated carbocycles. The minimum Gasteiger partial charge on any atom is -0.480 e. The lowest BCUT2D eigenvalue weighted by atomic mass is 10.2. The molecule has 0 aliphatic carbocycles. The highest BCUT2D eigenvalue weighted by molar-refractivity contribution is 7.89. The van der Waals surface area contributed by atoms with E-state index in [2.05, 4.69) is 5.92 Å². The van der Waals surface area contributed by atoms with Gasteiger partial charge in [-0.2, -0.15) is 4.72 Å². The van der Waals surface area contributed by atoms with E-state index in [4.69, 9.17) is 11.5 Å². The number of hydrogen-bond donors (Lipinski definition) is 2. The number of carboxylic acids is 1. The minimum absolute atomic E-state index is 0.158. The van der Waals surface area contributed by atoms with Crippen LogP contribution in [0.4, 0.5) is 0 Å². The fraction of sp³-hybridized carbons (Fsp3) is 0.571. The number of carboxylic acid groups (broad SMARTS) is 1. The number of aliphatic carboxylic acids is 1. The zero-order valence-electron chi connectivity index (χ0n) is 7.15. The molecule has 0 aromatic rings. The Bertz CT molecular complexity index is 314. The molecule has 0 radical (unpaired) electrons. The van der Waals surface area contributed by atoms with Crippen molar-refractivity contribution in [3.63, 3.8) is 0 Å². The Balaban J connectivity index is 4.46. The van der Waals surface area contributed by atoms with Crippen LogP contribution in [0.3, 0.4) is 0 Å². The maximum absolute atomic E-state index is 10.9. The Morgan fingerprint density at radius 2 is 2.23 bits per heavy atom. The van der Waals surface area contributed by atoms with E-state index in [-0.39, 0.29) is 12.2 Å². The number of carbonyl (C=O) groups is 1. The van der Waals surface area contributed by atoms with E-state index in [9.17, 15) is 13.2 Å². The average molecular weight is 205 g/mol. The first-order valence-electron chi connectivity index (χ1n) is 3.59. The number of nitrogens with one attached hydrogen (secondary N) is 1. The molecule has 2 N–H and O–H groups in total. The highest BCUT2D eigenvalue weighted by Crippen LogP contribution is 1.94. The lowest BCUT2D eigenvalue weighted by Crippen LogP contribution is -2.41. The maximum atomic E-state index is 10.9. The van der Waals surface area contributed by atoms with Crippen molar-refractivity contribution in [3.8, 4) is 12.3 Å². The van der Waals surface area contributed by atoms with Gasteiger partial charge in [0.2, 0.25) is 10.0 Å². The molecule has 0 aliphatic heterocycles. The lowest BCUT2D eigenvalue weighted by molar-refractivity contribution is -0.138. The Kier molecular flexibility index (Phi) is 4.45. The summed E-state index contributed by atoms with van der Waals surface area (Å²) in [6.07, 6.45) is 4.72. The van der Waals surface area contributed by atoms with Crippen LogP contribution in [0.15, 0.2) is 0 Å². The number of terminal acetylenes is 1. The monoisotopic (exact) mass is 205 g/mol. The third-order valence-corrected chi connectivity index (χ3v) is 2.73. The van der Waals surface area contributed by atoms with Gasteiger partial charge in [0.05, 0.1) is 5.75 Å². The SMILES string of the molecule is C#CCC(NS(=O)(=O)CC)C(=O)O. The van der Waals surface area contributed by atoms with Crippen LogP contribution in [0.25, 0.3) is 0 Å². The van der Waals surface area contributed by atoms with E-state index >= 15 is 0 Å².